The van der Waals surface area contributed by atoms with Crippen molar-refractivity contribution in [2.75, 3.05) is 11.9 Å². The van der Waals surface area contributed by atoms with Crippen LogP contribution in [0.4, 0.5) is 17.1 Å². The van der Waals surface area contributed by atoms with Crippen molar-refractivity contribution in [1.29, 1.82) is 0 Å². The van der Waals surface area contributed by atoms with Crippen LogP contribution in [0, 0.1) is 0 Å². The molecule has 4 aromatic carbocycles. The topological polar surface area (TPSA) is 138 Å². The van der Waals surface area contributed by atoms with Crippen LogP contribution in [0.2, 0.25) is 10.0 Å². The summed E-state index contributed by atoms with van der Waals surface area (Å²) >= 11 is 12.3. The molecule has 0 aliphatic carbocycles. The lowest BCUT2D eigenvalue weighted by Crippen LogP contribution is -2.13. The van der Waals surface area contributed by atoms with Gasteiger partial charge in [0.25, 0.3) is 16.0 Å². The highest BCUT2D eigenvalue weighted by atomic mass is 35.5. The standard InChI is InChI=1S/C27H23Cl2N3O6S/c1-3-15-9-11-21(29)26(39(35,36)37)23(15)31-32-24-18-8-6-5-7-16(18)13-19(25(24)33)27(34)30-22-14-17(38-4-2)10-12-20(22)28/h5-14,33H,3-4H2,1-2H3,(H,30,34)(H,35,36,37). The molecule has 0 aliphatic rings. The van der Waals surface area contributed by atoms with Gasteiger partial charge in [-0.25, -0.2) is 0 Å². The summed E-state index contributed by atoms with van der Waals surface area (Å²) in [4.78, 5) is 12.7. The van der Waals surface area contributed by atoms with Crippen LogP contribution in [-0.4, -0.2) is 30.6 Å². The largest absolute Gasteiger partial charge is 0.505 e. The number of nitrogens with one attached hydrogen (secondary N) is 1. The van der Waals surface area contributed by atoms with E-state index in [2.05, 4.69) is 15.5 Å². The van der Waals surface area contributed by atoms with E-state index >= 15 is 0 Å². The molecule has 0 aliphatic heterocycles. The van der Waals surface area contributed by atoms with Crippen LogP contribution in [0.15, 0.2) is 75.8 Å². The van der Waals surface area contributed by atoms with Crippen molar-refractivity contribution >= 4 is 67.1 Å². The smallest absolute Gasteiger partial charge is 0.298 e. The van der Waals surface area contributed by atoms with Gasteiger partial charge < -0.3 is 15.2 Å². The molecule has 4 rings (SSSR count). The van der Waals surface area contributed by atoms with E-state index in [0.717, 1.165) is 0 Å². The molecule has 4 aromatic rings. The number of carbonyl (C=O) groups excluding carboxylic acids is 1. The summed E-state index contributed by atoms with van der Waals surface area (Å²) in [5.41, 5.74) is 0.323. The van der Waals surface area contributed by atoms with E-state index in [4.69, 9.17) is 27.9 Å². The molecule has 39 heavy (non-hydrogen) atoms. The predicted molar refractivity (Wildman–Crippen MR) is 151 cm³/mol. The lowest BCUT2D eigenvalue weighted by atomic mass is 10.0. The number of rotatable bonds is 8. The first-order valence-corrected chi connectivity index (χ1v) is 13.9. The van der Waals surface area contributed by atoms with Crippen LogP contribution in [0.1, 0.15) is 29.8 Å². The van der Waals surface area contributed by atoms with E-state index in [1.165, 1.54) is 12.1 Å². The number of azo groups is 1. The number of ether oxygens (including phenoxy) is 1. The number of phenols is 1. The van der Waals surface area contributed by atoms with E-state index in [-0.39, 0.29) is 32.7 Å². The molecule has 1 amide bonds. The van der Waals surface area contributed by atoms with E-state index in [1.54, 1.807) is 55.5 Å². The summed E-state index contributed by atoms with van der Waals surface area (Å²) in [5, 5.41) is 23.1. The van der Waals surface area contributed by atoms with Gasteiger partial charge in [0.2, 0.25) is 0 Å². The molecule has 0 saturated carbocycles. The van der Waals surface area contributed by atoms with E-state index in [0.29, 0.717) is 35.1 Å². The normalized spacial score (nSPS) is 11.7. The molecule has 0 spiro atoms. The van der Waals surface area contributed by atoms with Gasteiger partial charge in [0.05, 0.1) is 27.9 Å². The summed E-state index contributed by atoms with van der Waals surface area (Å²) < 4.78 is 39.4. The zero-order valence-corrected chi connectivity index (χ0v) is 23.1. The monoisotopic (exact) mass is 587 g/mol. The number of fused-ring (bicyclic) bond motifs is 1. The van der Waals surface area contributed by atoms with Crippen molar-refractivity contribution in [3.63, 3.8) is 0 Å². The maximum atomic E-state index is 13.3. The average molecular weight is 588 g/mol. The summed E-state index contributed by atoms with van der Waals surface area (Å²) in [6.07, 6.45) is 0.352. The number of aryl methyl sites for hydroxylation is 1. The lowest BCUT2D eigenvalue weighted by molar-refractivity contribution is 0.102. The first-order valence-electron chi connectivity index (χ1n) is 11.7. The molecule has 3 N–H and O–H groups in total. The lowest BCUT2D eigenvalue weighted by Gasteiger charge is -2.13. The summed E-state index contributed by atoms with van der Waals surface area (Å²) in [7, 11) is -4.76. The highest BCUT2D eigenvalue weighted by molar-refractivity contribution is 7.86. The maximum absolute atomic E-state index is 13.3. The number of anilines is 1. The molecule has 0 saturated heterocycles. The quantitative estimate of drug-likeness (QED) is 0.142. The van der Waals surface area contributed by atoms with Crippen molar-refractivity contribution in [3.05, 3.63) is 81.8 Å². The van der Waals surface area contributed by atoms with Gasteiger partial charge in [0, 0.05) is 11.5 Å². The fourth-order valence-electron chi connectivity index (χ4n) is 3.97. The Labute approximate surface area is 234 Å². The second-order valence-electron chi connectivity index (χ2n) is 8.28. The number of halogens is 2. The van der Waals surface area contributed by atoms with Gasteiger partial charge in [-0.15, -0.1) is 10.2 Å². The Hall–Kier alpha value is -3.70. The summed E-state index contributed by atoms with van der Waals surface area (Å²) in [6.45, 7) is 4.00. The Kier molecular flexibility index (Phi) is 8.41. The third-order valence-electron chi connectivity index (χ3n) is 5.79. The van der Waals surface area contributed by atoms with E-state index in [9.17, 15) is 22.9 Å². The number of carbonyl (C=O) groups is 1. The molecule has 12 heteroatoms. The fraction of sp³-hybridized carbons (Fsp3) is 0.148. The van der Waals surface area contributed by atoms with Gasteiger partial charge >= 0.3 is 0 Å². The molecule has 0 fully saturated rings. The van der Waals surface area contributed by atoms with Gasteiger partial charge in [-0.1, -0.05) is 60.5 Å². The van der Waals surface area contributed by atoms with Crippen molar-refractivity contribution in [2.24, 2.45) is 10.2 Å². The SMILES string of the molecule is CCOc1ccc(Cl)c(NC(=O)c2cc3ccccc3c(N=Nc3c(CC)ccc(Cl)c3S(=O)(=O)O)c2O)c1. The van der Waals surface area contributed by atoms with Crippen molar-refractivity contribution in [2.45, 2.75) is 25.2 Å². The van der Waals surface area contributed by atoms with Crippen molar-refractivity contribution in [3.8, 4) is 11.5 Å². The molecular weight excluding hydrogens is 565 g/mol. The Morgan fingerprint density at radius 1 is 0.974 bits per heavy atom. The highest BCUT2D eigenvalue weighted by Gasteiger charge is 2.24. The zero-order chi connectivity index (χ0) is 28.3. The van der Waals surface area contributed by atoms with Crippen molar-refractivity contribution < 1.29 is 27.6 Å². The molecule has 202 valence electrons. The molecule has 0 radical (unpaired) electrons. The van der Waals surface area contributed by atoms with Crippen LogP contribution in [0.5, 0.6) is 11.5 Å². The first-order chi connectivity index (χ1) is 18.5. The van der Waals surface area contributed by atoms with Gasteiger partial charge in [-0.3, -0.25) is 9.35 Å². The Balaban J connectivity index is 1.85. The van der Waals surface area contributed by atoms with E-state index < -0.39 is 26.7 Å². The van der Waals surface area contributed by atoms with Crippen molar-refractivity contribution in [1.82, 2.24) is 0 Å². The average Bonchev–Trinajstić information content (AvgIpc) is 2.89. The number of benzene rings is 4. The molecule has 0 bridgehead atoms. The van der Waals surface area contributed by atoms with Crippen LogP contribution in [0.3, 0.4) is 0 Å². The molecular formula is C27H23Cl2N3O6S. The Bertz CT molecular complexity index is 1720. The van der Waals surface area contributed by atoms with Gasteiger partial charge in [0.1, 0.15) is 22.0 Å². The number of amides is 1. The molecule has 0 heterocycles. The fourth-order valence-corrected chi connectivity index (χ4v) is 5.31. The summed E-state index contributed by atoms with van der Waals surface area (Å²) in [5.74, 6) is -0.682. The number of aromatic hydroxyl groups is 1. The predicted octanol–water partition coefficient (Wildman–Crippen LogP) is 7.73. The first kappa shape index (κ1) is 28.3. The van der Waals surface area contributed by atoms with Gasteiger partial charge in [0.15, 0.2) is 5.75 Å². The highest BCUT2D eigenvalue weighted by Crippen LogP contribution is 2.42. The number of nitrogens with zero attached hydrogens (tertiary/aromatic N) is 2. The number of hydrogen-bond donors (Lipinski definition) is 3. The van der Waals surface area contributed by atoms with Crippen LogP contribution < -0.4 is 10.1 Å². The third-order valence-corrected chi connectivity index (χ3v) is 7.48. The Morgan fingerprint density at radius 3 is 2.36 bits per heavy atom. The maximum Gasteiger partial charge on any atom is 0.298 e. The minimum Gasteiger partial charge on any atom is -0.505 e. The van der Waals surface area contributed by atoms with Crippen LogP contribution in [-0.2, 0) is 16.5 Å². The molecule has 0 atom stereocenters. The number of hydrogen-bond acceptors (Lipinski definition) is 7. The Morgan fingerprint density at radius 2 is 1.67 bits per heavy atom. The zero-order valence-electron chi connectivity index (χ0n) is 20.8. The molecule has 0 unspecified atom stereocenters. The second-order valence-corrected chi connectivity index (χ2v) is 10.5. The van der Waals surface area contributed by atoms with Gasteiger partial charge in [-0.05, 0) is 48.6 Å². The second kappa shape index (κ2) is 11.6. The minimum absolute atomic E-state index is 0.0873. The molecule has 9 nitrogen and oxygen atoms in total. The minimum atomic E-state index is -4.76. The van der Waals surface area contributed by atoms with Gasteiger partial charge in [-0.2, -0.15) is 8.42 Å². The van der Waals surface area contributed by atoms with Crippen LogP contribution >= 0.6 is 23.2 Å². The van der Waals surface area contributed by atoms with Crippen LogP contribution in [0.25, 0.3) is 10.8 Å². The third kappa shape index (κ3) is 5.99. The van der Waals surface area contributed by atoms with E-state index in [1.807, 2.05) is 6.92 Å². The summed E-state index contributed by atoms with van der Waals surface area (Å²) in [6, 6.07) is 16.0. The molecule has 0 aromatic heterocycles. The number of phenolic OH excluding ortho intramolecular Hbond substituents is 1.